The lowest BCUT2D eigenvalue weighted by molar-refractivity contribution is 0.0679. The number of amides is 1. The fourth-order valence-electron chi connectivity index (χ4n) is 2.99. The molecule has 5 heteroatoms. The molecule has 26 heavy (non-hydrogen) atoms. The van der Waals surface area contributed by atoms with E-state index in [1.165, 1.54) is 0 Å². The summed E-state index contributed by atoms with van der Waals surface area (Å²) >= 11 is 0. The Bertz CT molecular complexity index is 903. The number of carbonyl (C=O) groups is 1. The monoisotopic (exact) mass is 348 g/mol. The first kappa shape index (κ1) is 16.5. The van der Waals surface area contributed by atoms with E-state index in [1.54, 1.807) is 6.07 Å². The normalized spacial score (nSPS) is 16.5. The van der Waals surface area contributed by atoms with Crippen molar-refractivity contribution in [2.24, 2.45) is 0 Å². The largest absolute Gasteiger partial charge is 0.491 e. The van der Waals surface area contributed by atoms with Crippen molar-refractivity contribution in [2.45, 2.75) is 18.9 Å². The average molecular weight is 348 g/mol. The molecule has 2 aromatic carbocycles. The van der Waals surface area contributed by atoms with Crippen molar-refractivity contribution in [3.63, 3.8) is 0 Å². The minimum absolute atomic E-state index is 0.188. The third-order valence-electron chi connectivity index (χ3n) is 4.40. The number of hydrogen-bond donors (Lipinski definition) is 1. The van der Waals surface area contributed by atoms with Crippen LogP contribution < -0.4 is 10.1 Å². The zero-order valence-electron chi connectivity index (χ0n) is 14.4. The highest BCUT2D eigenvalue weighted by molar-refractivity contribution is 6.04. The molecule has 0 saturated carbocycles. The predicted molar refractivity (Wildman–Crippen MR) is 101 cm³/mol. The van der Waals surface area contributed by atoms with Crippen LogP contribution in [0.2, 0.25) is 0 Å². The van der Waals surface area contributed by atoms with E-state index in [2.05, 4.69) is 10.3 Å². The van der Waals surface area contributed by atoms with E-state index >= 15 is 0 Å². The smallest absolute Gasteiger partial charge is 0.274 e. The standard InChI is InChI=1S/C21H20N2O3/c24-21(20-12-7-15-4-1-2-6-19(15)23-20)22-16-8-10-17(11-9-16)26-14-18-5-3-13-25-18/h1-2,4,6-12,18H,3,5,13-14H2,(H,22,24)/t18-/m1/s1. The summed E-state index contributed by atoms with van der Waals surface area (Å²) in [5.74, 6) is 0.533. The van der Waals surface area contributed by atoms with Gasteiger partial charge in [0.15, 0.2) is 0 Å². The quantitative estimate of drug-likeness (QED) is 0.756. The first-order valence-electron chi connectivity index (χ1n) is 8.79. The second-order valence-corrected chi connectivity index (χ2v) is 6.31. The molecule has 0 radical (unpaired) electrons. The minimum atomic E-state index is -0.233. The van der Waals surface area contributed by atoms with Gasteiger partial charge in [-0.05, 0) is 49.2 Å². The summed E-state index contributed by atoms with van der Waals surface area (Å²) in [6.07, 6.45) is 2.34. The lowest BCUT2D eigenvalue weighted by Gasteiger charge is -2.12. The number of fused-ring (bicyclic) bond motifs is 1. The van der Waals surface area contributed by atoms with Gasteiger partial charge in [0.1, 0.15) is 18.1 Å². The Morgan fingerprint density at radius 1 is 1.12 bits per heavy atom. The summed E-state index contributed by atoms with van der Waals surface area (Å²) in [7, 11) is 0. The lowest BCUT2D eigenvalue weighted by Crippen LogP contribution is -2.16. The van der Waals surface area contributed by atoms with Crippen LogP contribution in [0.25, 0.3) is 10.9 Å². The zero-order chi connectivity index (χ0) is 17.8. The molecular weight excluding hydrogens is 328 g/mol. The summed E-state index contributed by atoms with van der Waals surface area (Å²) < 4.78 is 11.3. The summed E-state index contributed by atoms with van der Waals surface area (Å²) in [6, 6.07) is 18.7. The Hall–Kier alpha value is -2.92. The van der Waals surface area contributed by atoms with Gasteiger partial charge < -0.3 is 14.8 Å². The second kappa shape index (κ2) is 7.54. The van der Waals surface area contributed by atoms with E-state index in [0.717, 1.165) is 36.1 Å². The minimum Gasteiger partial charge on any atom is -0.491 e. The molecule has 0 spiro atoms. The van der Waals surface area contributed by atoms with Gasteiger partial charge in [0.05, 0.1) is 11.6 Å². The molecule has 0 aliphatic carbocycles. The van der Waals surface area contributed by atoms with E-state index in [1.807, 2.05) is 54.6 Å². The van der Waals surface area contributed by atoms with E-state index in [4.69, 9.17) is 9.47 Å². The van der Waals surface area contributed by atoms with Gasteiger partial charge in [-0.3, -0.25) is 4.79 Å². The van der Waals surface area contributed by atoms with Crippen LogP contribution in [0, 0.1) is 0 Å². The van der Waals surface area contributed by atoms with Gasteiger partial charge in [0.2, 0.25) is 0 Å². The van der Waals surface area contributed by atoms with Gasteiger partial charge in [-0.2, -0.15) is 0 Å². The van der Waals surface area contributed by atoms with Crippen LogP contribution in [-0.4, -0.2) is 30.2 Å². The Morgan fingerprint density at radius 3 is 2.77 bits per heavy atom. The van der Waals surface area contributed by atoms with Crippen LogP contribution in [-0.2, 0) is 4.74 Å². The van der Waals surface area contributed by atoms with Gasteiger partial charge >= 0.3 is 0 Å². The van der Waals surface area contributed by atoms with Crippen molar-refractivity contribution in [1.82, 2.24) is 4.98 Å². The van der Waals surface area contributed by atoms with Gasteiger partial charge in [-0.15, -0.1) is 0 Å². The van der Waals surface area contributed by atoms with E-state index in [0.29, 0.717) is 18.0 Å². The number of aromatic nitrogens is 1. The Morgan fingerprint density at radius 2 is 1.96 bits per heavy atom. The number of carbonyl (C=O) groups excluding carboxylic acids is 1. The Balaban J connectivity index is 1.38. The molecule has 4 rings (SSSR count). The van der Waals surface area contributed by atoms with Crippen molar-refractivity contribution in [3.05, 3.63) is 66.4 Å². The number of rotatable bonds is 5. The van der Waals surface area contributed by atoms with Crippen molar-refractivity contribution < 1.29 is 14.3 Å². The topological polar surface area (TPSA) is 60.5 Å². The summed E-state index contributed by atoms with van der Waals surface area (Å²) in [5.41, 5.74) is 1.90. The molecule has 1 N–H and O–H groups in total. The SMILES string of the molecule is O=C(Nc1ccc(OC[C@H]2CCCO2)cc1)c1ccc2ccccc2n1. The highest BCUT2D eigenvalue weighted by Gasteiger charge is 2.16. The highest BCUT2D eigenvalue weighted by atomic mass is 16.5. The number of nitrogens with zero attached hydrogens (tertiary/aromatic N) is 1. The fourth-order valence-corrected chi connectivity index (χ4v) is 2.99. The molecule has 1 aromatic heterocycles. The first-order chi connectivity index (χ1) is 12.8. The number of hydrogen-bond acceptors (Lipinski definition) is 4. The second-order valence-electron chi connectivity index (χ2n) is 6.31. The fraction of sp³-hybridized carbons (Fsp3) is 0.238. The Labute approximate surface area is 152 Å². The van der Waals surface area contributed by atoms with Crippen LogP contribution in [0.15, 0.2) is 60.7 Å². The number of benzene rings is 2. The van der Waals surface area contributed by atoms with Crippen LogP contribution >= 0.6 is 0 Å². The molecule has 2 heterocycles. The maximum Gasteiger partial charge on any atom is 0.274 e. The summed E-state index contributed by atoms with van der Waals surface area (Å²) in [4.78, 5) is 16.8. The first-order valence-corrected chi connectivity index (χ1v) is 8.79. The van der Waals surface area contributed by atoms with Crippen molar-refractivity contribution >= 4 is 22.5 Å². The molecule has 1 aliphatic rings. The molecule has 1 fully saturated rings. The van der Waals surface area contributed by atoms with Crippen LogP contribution in [0.1, 0.15) is 23.3 Å². The molecule has 132 valence electrons. The summed E-state index contributed by atoms with van der Waals surface area (Å²) in [6.45, 7) is 1.38. The van der Waals surface area contributed by atoms with Crippen molar-refractivity contribution in [2.75, 3.05) is 18.5 Å². The number of anilines is 1. The summed E-state index contributed by atoms with van der Waals surface area (Å²) in [5, 5.41) is 3.88. The van der Waals surface area contributed by atoms with Gasteiger partial charge in [0.25, 0.3) is 5.91 Å². The number of ether oxygens (including phenoxy) is 2. The third-order valence-corrected chi connectivity index (χ3v) is 4.40. The molecule has 1 amide bonds. The number of para-hydroxylation sites is 1. The van der Waals surface area contributed by atoms with Crippen molar-refractivity contribution in [1.29, 1.82) is 0 Å². The van der Waals surface area contributed by atoms with Crippen LogP contribution in [0.3, 0.4) is 0 Å². The zero-order valence-corrected chi connectivity index (χ0v) is 14.4. The van der Waals surface area contributed by atoms with Crippen LogP contribution in [0.5, 0.6) is 5.75 Å². The van der Waals surface area contributed by atoms with Crippen molar-refractivity contribution in [3.8, 4) is 5.75 Å². The molecule has 1 aliphatic heterocycles. The van der Waals surface area contributed by atoms with E-state index in [9.17, 15) is 4.79 Å². The molecule has 1 saturated heterocycles. The Kier molecular flexibility index (Phi) is 4.80. The van der Waals surface area contributed by atoms with Crippen LogP contribution in [0.4, 0.5) is 5.69 Å². The van der Waals surface area contributed by atoms with E-state index in [-0.39, 0.29) is 12.0 Å². The average Bonchev–Trinajstić information content (AvgIpc) is 3.21. The molecule has 1 atom stereocenters. The third kappa shape index (κ3) is 3.83. The number of pyridine rings is 1. The van der Waals surface area contributed by atoms with E-state index < -0.39 is 0 Å². The maximum absolute atomic E-state index is 12.4. The maximum atomic E-state index is 12.4. The molecular formula is C21H20N2O3. The van der Waals surface area contributed by atoms with Gasteiger partial charge in [-0.1, -0.05) is 24.3 Å². The predicted octanol–water partition coefficient (Wildman–Crippen LogP) is 4.04. The van der Waals surface area contributed by atoms with Gasteiger partial charge in [-0.25, -0.2) is 4.98 Å². The highest BCUT2D eigenvalue weighted by Crippen LogP contribution is 2.19. The molecule has 5 nitrogen and oxygen atoms in total. The van der Waals surface area contributed by atoms with Gasteiger partial charge in [0, 0.05) is 17.7 Å². The number of nitrogens with one attached hydrogen (secondary N) is 1. The molecule has 0 bridgehead atoms. The molecule has 3 aromatic rings. The lowest BCUT2D eigenvalue weighted by atomic mass is 10.2. The molecule has 0 unspecified atom stereocenters.